The Kier molecular flexibility index (Phi) is 5.97. The van der Waals surface area contributed by atoms with E-state index in [2.05, 4.69) is 51.4 Å². The first-order chi connectivity index (χ1) is 11.1. The van der Waals surface area contributed by atoms with Gasteiger partial charge in [0.1, 0.15) is 0 Å². The lowest BCUT2D eigenvalue weighted by Gasteiger charge is -2.22. The van der Waals surface area contributed by atoms with Crippen LogP contribution < -0.4 is 10.1 Å². The maximum atomic E-state index is 5.27. The van der Waals surface area contributed by atoms with Crippen LogP contribution in [0.5, 0.6) is 5.88 Å². The van der Waals surface area contributed by atoms with Crippen LogP contribution in [0.2, 0.25) is 0 Å². The third kappa shape index (κ3) is 4.71. The summed E-state index contributed by atoms with van der Waals surface area (Å²) in [7, 11) is 5.44. The number of pyridine rings is 1. The molecular weight excluding hydrogens is 288 g/mol. The van der Waals surface area contributed by atoms with Crippen LogP contribution in [0.15, 0.2) is 47.6 Å². The summed E-state index contributed by atoms with van der Waals surface area (Å²) >= 11 is 0. The van der Waals surface area contributed by atoms with Crippen molar-refractivity contribution in [3.63, 3.8) is 0 Å². The molecule has 0 spiro atoms. The molecule has 1 aromatic carbocycles. The summed E-state index contributed by atoms with van der Waals surface area (Å²) < 4.78 is 5.27. The number of benzene rings is 1. The summed E-state index contributed by atoms with van der Waals surface area (Å²) in [6.07, 6.45) is 1.72. The molecule has 0 saturated heterocycles. The zero-order chi connectivity index (χ0) is 16.7. The van der Waals surface area contributed by atoms with E-state index in [1.807, 2.05) is 19.2 Å². The smallest absolute Gasteiger partial charge is 0.218 e. The van der Waals surface area contributed by atoms with E-state index < -0.39 is 0 Å². The molecule has 0 bridgehead atoms. The molecule has 0 aliphatic carbocycles. The van der Waals surface area contributed by atoms with Crippen molar-refractivity contribution in [1.29, 1.82) is 0 Å². The van der Waals surface area contributed by atoms with Crippen LogP contribution in [0.1, 0.15) is 16.7 Å². The molecular formula is C18H24N4O. The second kappa shape index (κ2) is 8.17. The molecule has 1 N–H and O–H groups in total. The number of ether oxygens (including phenoxy) is 1. The third-order valence-corrected chi connectivity index (χ3v) is 3.59. The molecule has 0 aliphatic heterocycles. The van der Waals surface area contributed by atoms with E-state index in [0.29, 0.717) is 12.4 Å². The number of hydrogen-bond donors (Lipinski definition) is 1. The maximum absolute atomic E-state index is 5.27. The second-order valence-corrected chi connectivity index (χ2v) is 5.41. The van der Waals surface area contributed by atoms with Crippen molar-refractivity contribution in [3.05, 3.63) is 59.3 Å². The predicted octanol–water partition coefficient (Wildman–Crippen LogP) is 2.61. The first-order valence-corrected chi connectivity index (χ1v) is 7.59. The molecule has 0 fully saturated rings. The molecule has 1 aromatic heterocycles. The number of aryl methyl sites for hydroxylation is 1. The van der Waals surface area contributed by atoms with Crippen LogP contribution in [0, 0.1) is 6.92 Å². The zero-order valence-corrected chi connectivity index (χ0v) is 14.2. The monoisotopic (exact) mass is 312 g/mol. The summed E-state index contributed by atoms with van der Waals surface area (Å²) in [5.74, 6) is 1.47. The lowest BCUT2D eigenvalue weighted by Crippen LogP contribution is -2.38. The molecule has 122 valence electrons. The Labute approximate surface area is 138 Å². The molecule has 0 saturated carbocycles. The van der Waals surface area contributed by atoms with Crippen LogP contribution in [-0.4, -0.2) is 37.0 Å². The molecule has 2 rings (SSSR count). The van der Waals surface area contributed by atoms with Gasteiger partial charge in [-0.05, 0) is 18.6 Å². The van der Waals surface area contributed by atoms with Gasteiger partial charge in [-0.1, -0.05) is 35.9 Å². The number of rotatable bonds is 5. The van der Waals surface area contributed by atoms with E-state index in [9.17, 15) is 0 Å². The SMILES string of the molecule is CN=C(NCc1cccnc1OC)N(C)Cc1ccc(C)cc1. The fourth-order valence-electron chi connectivity index (χ4n) is 2.34. The molecule has 0 aliphatic rings. The van der Waals surface area contributed by atoms with E-state index >= 15 is 0 Å². The molecule has 23 heavy (non-hydrogen) atoms. The largest absolute Gasteiger partial charge is 0.481 e. The van der Waals surface area contributed by atoms with Crippen LogP contribution in [0.3, 0.4) is 0 Å². The molecule has 5 nitrogen and oxygen atoms in total. The second-order valence-electron chi connectivity index (χ2n) is 5.41. The topological polar surface area (TPSA) is 49.8 Å². The number of nitrogens with one attached hydrogen (secondary N) is 1. The average Bonchev–Trinajstić information content (AvgIpc) is 2.58. The van der Waals surface area contributed by atoms with E-state index in [1.54, 1.807) is 20.4 Å². The van der Waals surface area contributed by atoms with Crippen molar-refractivity contribution >= 4 is 5.96 Å². The number of guanidine groups is 1. The lowest BCUT2D eigenvalue weighted by molar-refractivity contribution is 0.391. The van der Waals surface area contributed by atoms with Gasteiger partial charge in [-0.25, -0.2) is 4.98 Å². The Morgan fingerprint density at radius 3 is 2.65 bits per heavy atom. The molecule has 0 amide bonds. The third-order valence-electron chi connectivity index (χ3n) is 3.59. The van der Waals surface area contributed by atoms with Gasteiger partial charge >= 0.3 is 0 Å². The molecule has 0 atom stereocenters. The predicted molar refractivity (Wildman–Crippen MR) is 93.6 cm³/mol. The zero-order valence-electron chi connectivity index (χ0n) is 14.2. The number of aliphatic imine (C=N–C) groups is 1. The fourth-order valence-corrected chi connectivity index (χ4v) is 2.34. The average molecular weight is 312 g/mol. The first kappa shape index (κ1) is 16.8. The van der Waals surface area contributed by atoms with E-state index in [-0.39, 0.29) is 0 Å². The van der Waals surface area contributed by atoms with Gasteiger partial charge in [-0.2, -0.15) is 0 Å². The van der Waals surface area contributed by atoms with Crippen LogP contribution in [-0.2, 0) is 13.1 Å². The van der Waals surface area contributed by atoms with Crippen molar-refractivity contribution in [2.75, 3.05) is 21.2 Å². The highest BCUT2D eigenvalue weighted by Gasteiger charge is 2.09. The summed E-state index contributed by atoms with van der Waals surface area (Å²) in [5, 5.41) is 3.35. The van der Waals surface area contributed by atoms with Crippen molar-refractivity contribution in [2.45, 2.75) is 20.0 Å². The Bertz CT molecular complexity index is 652. The number of methoxy groups -OCH3 is 1. The standard InChI is InChI=1S/C18H24N4O/c1-14-7-9-15(10-8-14)13-22(3)18(19-2)21-12-16-6-5-11-20-17(16)23-4/h5-11H,12-13H2,1-4H3,(H,19,21). The molecule has 0 radical (unpaired) electrons. The van der Waals surface area contributed by atoms with Crippen molar-refractivity contribution in [1.82, 2.24) is 15.2 Å². The van der Waals surface area contributed by atoms with Gasteiger partial charge in [0.05, 0.1) is 7.11 Å². The van der Waals surface area contributed by atoms with Crippen molar-refractivity contribution in [3.8, 4) is 5.88 Å². The van der Waals surface area contributed by atoms with Crippen molar-refractivity contribution in [2.24, 2.45) is 4.99 Å². The first-order valence-electron chi connectivity index (χ1n) is 7.59. The molecule has 0 unspecified atom stereocenters. The summed E-state index contributed by atoms with van der Waals surface area (Å²) in [6, 6.07) is 12.4. The number of aromatic nitrogens is 1. The van der Waals surface area contributed by atoms with Crippen LogP contribution >= 0.6 is 0 Å². The fraction of sp³-hybridized carbons (Fsp3) is 0.333. The van der Waals surface area contributed by atoms with Gasteiger partial charge < -0.3 is 15.0 Å². The summed E-state index contributed by atoms with van der Waals surface area (Å²) in [4.78, 5) is 10.6. The van der Waals surface area contributed by atoms with Crippen LogP contribution in [0.25, 0.3) is 0 Å². The van der Waals surface area contributed by atoms with Gasteiger partial charge in [0.2, 0.25) is 5.88 Å². The number of hydrogen-bond acceptors (Lipinski definition) is 3. The van der Waals surface area contributed by atoms with Gasteiger partial charge in [-0.3, -0.25) is 4.99 Å². The quantitative estimate of drug-likeness (QED) is 0.681. The minimum atomic E-state index is 0.613. The Hall–Kier alpha value is -2.56. The highest BCUT2D eigenvalue weighted by Crippen LogP contribution is 2.13. The van der Waals surface area contributed by atoms with Gasteiger partial charge in [-0.15, -0.1) is 0 Å². The Balaban J connectivity index is 1.98. The maximum Gasteiger partial charge on any atom is 0.218 e. The molecule has 2 aromatic rings. The van der Waals surface area contributed by atoms with Crippen LogP contribution in [0.4, 0.5) is 0 Å². The Morgan fingerprint density at radius 2 is 2.00 bits per heavy atom. The minimum Gasteiger partial charge on any atom is -0.481 e. The van der Waals surface area contributed by atoms with E-state index in [0.717, 1.165) is 18.1 Å². The highest BCUT2D eigenvalue weighted by atomic mass is 16.5. The lowest BCUT2D eigenvalue weighted by atomic mass is 10.1. The van der Waals surface area contributed by atoms with E-state index in [4.69, 9.17) is 4.74 Å². The van der Waals surface area contributed by atoms with Crippen molar-refractivity contribution < 1.29 is 4.74 Å². The Morgan fingerprint density at radius 1 is 1.26 bits per heavy atom. The number of nitrogens with zero attached hydrogens (tertiary/aromatic N) is 3. The van der Waals surface area contributed by atoms with Gasteiger partial charge in [0.15, 0.2) is 5.96 Å². The highest BCUT2D eigenvalue weighted by molar-refractivity contribution is 5.79. The summed E-state index contributed by atoms with van der Waals surface area (Å²) in [6.45, 7) is 3.50. The van der Waals surface area contributed by atoms with E-state index in [1.165, 1.54) is 11.1 Å². The minimum absolute atomic E-state index is 0.613. The summed E-state index contributed by atoms with van der Waals surface area (Å²) in [5.41, 5.74) is 3.52. The van der Waals surface area contributed by atoms with Gasteiger partial charge in [0.25, 0.3) is 0 Å². The normalized spacial score (nSPS) is 11.2. The van der Waals surface area contributed by atoms with Gasteiger partial charge in [0, 0.05) is 38.9 Å². The molecule has 5 heteroatoms. The molecule has 1 heterocycles.